The van der Waals surface area contributed by atoms with Crippen LogP contribution in [-0.4, -0.2) is 28.9 Å². The number of benzene rings is 1. The van der Waals surface area contributed by atoms with Gasteiger partial charge in [0.2, 0.25) is 5.91 Å². The number of hydrogen-bond donors (Lipinski definition) is 1. The first-order chi connectivity index (χ1) is 11.4. The van der Waals surface area contributed by atoms with Crippen molar-refractivity contribution in [3.63, 3.8) is 0 Å². The molecule has 0 aliphatic rings. The molecule has 0 aliphatic carbocycles. The van der Waals surface area contributed by atoms with Crippen LogP contribution in [0.15, 0.2) is 24.3 Å². The molecular formula is C16H19F2N3O3. The number of rotatable bonds is 7. The van der Waals surface area contributed by atoms with E-state index in [1.807, 2.05) is 19.9 Å². The van der Waals surface area contributed by atoms with Crippen LogP contribution in [0.1, 0.15) is 18.3 Å². The summed E-state index contributed by atoms with van der Waals surface area (Å²) in [4.78, 5) is 12.1. The third-order valence-corrected chi connectivity index (χ3v) is 3.14. The molecule has 0 saturated heterocycles. The fourth-order valence-corrected chi connectivity index (χ4v) is 2.22. The lowest BCUT2D eigenvalue weighted by atomic mass is 10.2. The molecule has 0 radical (unpaired) electrons. The highest BCUT2D eigenvalue weighted by atomic mass is 19.3. The van der Waals surface area contributed by atoms with Gasteiger partial charge in [-0.3, -0.25) is 9.48 Å². The zero-order chi connectivity index (χ0) is 17.7. The SMILES string of the molecule is CCOc1cc(NC(=O)Cn2nc(C)cc2C)ccc1OC(F)F. The molecule has 0 unspecified atom stereocenters. The van der Waals surface area contributed by atoms with Crippen molar-refractivity contribution in [2.75, 3.05) is 11.9 Å². The minimum absolute atomic E-state index is 0.0545. The molecule has 1 aromatic carbocycles. The highest BCUT2D eigenvalue weighted by Crippen LogP contribution is 2.31. The van der Waals surface area contributed by atoms with Crippen molar-refractivity contribution in [1.82, 2.24) is 9.78 Å². The number of aromatic nitrogens is 2. The average molecular weight is 339 g/mol. The van der Waals surface area contributed by atoms with Gasteiger partial charge in [0, 0.05) is 17.4 Å². The number of anilines is 1. The second-order valence-electron chi connectivity index (χ2n) is 5.11. The number of carbonyl (C=O) groups excluding carboxylic acids is 1. The molecule has 6 nitrogen and oxygen atoms in total. The Balaban J connectivity index is 2.09. The topological polar surface area (TPSA) is 65.4 Å². The van der Waals surface area contributed by atoms with Gasteiger partial charge < -0.3 is 14.8 Å². The number of hydrogen-bond acceptors (Lipinski definition) is 4. The summed E-state index contributed by atoms with van der Waals surface area (Å²) >= 11 is 0. The van der Waals surface area contributed by atoms with E-state index in [4.69, 9.17) is 4.74 Å². The molecule has 0 atom stereocenters. The van der Waals surface area contributed by atoms with E-state index in [0.717, 1.165) is 11.4 Å². The molecular weight excluding hydrogens is 320 g/mol. The van der Waals surface area contributed by atoms with Crippen molar-refractivity contribution < 1.29 is 23.0 Å². The Kier molecular flexibility index (Phi) is 5.73. The number of carbonyl (C=O) groups is 1. The zero-order valence-corrected chi connectivity index (χ0v) is 13.7. The molecule has 0 saturated carbocycles. The van der Waals surface area contributed by atoms with E-state index in [1.54, 1.807) is 11.6 Å². The predicted octanol–water partition coefficient (Wildman–Crippen LogP) is 3.14. The molecule has 130 valence electrons. The lowest BCUT2D eigenvalue weighted by Gasteiger charge is -2.13. The molecule has 0 spiro atoms. The average Bonchev–Trinajstić information content (AvgIpc) is 2.79. The molecule has 24 heavy (non-hydrogen) atoms. The fourth-order valence-electron chi connectivity index (χ4n) is 2.22. The summed E-state index contributed by atoms with van der Waals surface area (Å²) in [6.07, 6.45) is 0. The van der Waals surface area contributed by atoms with E-state index in [1.165, 1.54) is 18.2 Å². The highest BCUT2D eigenvalue weighted by molar-refractivity contribution is 5.90. The first-order valence-corrected chi connectivity index (χ1v) is 7.41. The fraction of sp³-hybridized carbons (Fsp3) is 0.375. The Morgan fingerprint density at radius 3 is 2.62 bits per heavy atom. The van der Waals surface area contributed by atoms with Crippen molar-refractivity contribution in [2.45, 2.75) is 33.9 Å². The van der Waals surface area contributed by atoms with Gasteiger partial charge in [-0.25, -0.2) is 0 Å². The molecule has 1 amide bonds. The summed E-state index contributed by atoms with van der Waals surface area (Å²) in [5, 5.41) is 6.90. The number of halogens is 2. The quantitative estimate of drug-likeness (QED) is 0.842. The zero-order valence-electron chi connectivity index (χ0n) is 13.7. The second-order valence-corrected chi connectivity index (χ2v) is 5.11. The Morgan fingerprint density at radius 2 is 2.04 bits per heavy atom. The van der Waals surface area contributed by atoms with Gasteiger partial charge in [0.15, 0.2) is 11.5 Å². The predicted molar refractivity (Wildman–Crippen MR) is 84.6 cm³/mol. The number of ether oxygens (including phenoxy) is 2. The van der Waals surface area contributed by atoms with Gasteiger partial charge in [-0.2, -0.15) is 13.9 Å². The third kappa shape index (κ3) is 4.68. The maximum Gasteiger partial charge on any atom is 0.387 e. The van der Waals surface area contributed by atoms with Crippen LogP contribution in [-0.2, 0) is 11.3 Å². The minimum Gasteiger partial charge on any atom is -0.490 e. The van der Waals surface area contributed by atoms with Crippen LogP contribution < -0.4 is 14.8 Å². The van der Waals surface area contributed by atoms with Gasteiger partial charge in [-0.15, -0.1) is 0 Å². The maximum atomic E-state index is 12.4. The molecule has 1 heterocycles. The Bertz CT molecular complexity index is 717. The molecule has 0 bridgehead atoms. The third-order valence-electron chi connectivity index (χ3n) is 3.14. The lowest BCUT2D eigenvalue weighted by molar-refractivity contribution is -0.116. The number of alkyl halides is 2. The first kappa shape index (κ1) is 17.7. The maximum absolute atomic E-state index is 12.4. The normalized spacial score (nSPS) is 10.8. The van der Waals surface area contributed by atoms with Crippen molar-refractivity contribution in [3.05, 3.63) is 35.7 Å². The van der Waals surface area contributed by atoms with Gasteiger partial charge in [-0.1, -0.05) is 0 Å². The van der Waals surface area contributed by atoms with Crippen LogP contribution in [0.5, 0.6) is 11.5 Å². The summed E-state index contributed by atoms with van der Waals surface area (Å²) in [5.41, 5.74) is 2.12. The van der Waals surface area contributed by atoms with E-state index in [-0.39, 0.29) is 30.6 Å². The standard InChI is InChI=1S/C16H19F2N3O3/c1-4-23-14-8-12(5-6-13(14)24-16(17)18)19-15(22)9-21-11(3)7-10(2)20-21/h5-8,16H,4,9H2,1-3H3,(H,19,22). The van der Waals surface area contributed by atoms with Crippen LogP contribution in [0, 0.1) is 13.8 Å². The van der Waals surface area contributed by atoms with E-state index >= 15 is 0 Å². The van der Waals surface area contributed by atoms with Crippen LogP contribution in [0.3, 0.4) is 0 Å². The second kappa shape index (κ2) is 7.76. The molecule has 2 aromatic rings. The molecule has 1 aromatic heterocycles. The molecule has 0 fully saturated rings. The van der Waals surface area contributed by atoms with Crippen LogP contribution >= 0.6 is 0 Å². The number of nitrogens with one attached hydrogen (secondary N) is 1. The number of amides is 1. The monoisotopic (exact) mass is 339 g/mol. The molecule has 1 N–H and O–H groups in total. The van der Waals surface area contributed by atoms with E-state index < -0.39 is 6.61 Å². The largest absolute Gasteiger partial charge is 0.490 e. The van der Waals surface area contributed by atoms with Crippen LogP contribution in [0.25, 0.3) is 0 Å². The summed E-state index contributed by atoms with van der Waals surface area (Å²) in [6, 6.07) is 6.12. The van der Waals surface area contributed by atoms with Gasteiger partial charge in [0.1, 0.15) is 6.54 Å². The van der Waals surface area contributed by atoms with E-state index in [2.05, 4.69) is 15.2 Å². The molecule has 2 rings (SSSR count). The van der Waals surface area contributed by atoms with Crippen molar-refractivity contribution in [3.8, 4) is 11.5 Å². The van der Waals surface area contributed by atoms with Crippen LogP contribution in [0.4, 0.5) is 14.5 Å². The summed E-state index contributed by atoms with van der Waals surface area (Å²) < 4.78 is 36.0. The van der Waals surface area contributed by atoms with Gasteiger partial charge in [0.25, 0.3) is 0 Å². The van der Waals surface area contributed by atoms with Gasteiger partial charge in [-0.05, 0) is 39.0 Å². The number of nitrogens with zero attached hydrogens (tertiary/aromatic N) is 2. The van der Waals surface area contributed by atoms with Gasteiger partial charge >= 0.3 is 6.61 Å². The number of aryl methyl sites for hydroxylation is 2. The minimum atomic E-state index is -2.95. The Labute approximate surface area is 138 Å². The summed E-state index contributed by atoms with van der Waals surface area (Å²) in [6.45, 7) is 2.81. The van der Waals surface area contributed by atoms with E-state index in [9.17, 15) is 13.6 Å². The van der Waals surface area contributed by atoms with E-state index in [0.29, 0.717) is 5.69 Å². The highest BCUT2D eigenvalue weighted by Gasteiger charge is 2.13. The van der Waals surface area contributed by atoms with Crippen molar-refractivity contribution in [2.24, 2.45) is 0 Å². The van der Waals surface area contributed by atoms with Crippen LogP contribution in [0.2, 0.25) is 0 Å². The summed E-state index contributed by atoms with van der Waals surface area (Å²) in [7, 11) is 0. The lowest BCUT2D eigenvalue weighted by Crippen LogP contribution is -2.20. The molecule has 0 aliphatic heterocycles. The van der Waals surface area contributed by atoms with Crippen molar-refractivity contribution >= 4 is 11.6 Å². The van der Waals surface area contributed by atoms with Gasteiger partial charge in [0.05, 0.1) is 12.3 Å². The summed E-state index contributed by atoms with van der Waals surface area (Å²) in [5.74, 6) is -0.226. The Hall–Kier alpha value is -2.64. The molecule has 8 heteroatoms. The first-order valence-electron chi connectivity index (χ1n) is 7.41. The van der Waals surface area contributed by atoms with Crippen molar-refractivity contribution in [1.29, 1.82) is 0 Å². The Morgan fingerprint density at radius 1 is 1.29 bits per heavy atom. The smallest absolute Gasteiger partial charge is 0.387 e.